The van der Waals surface area contributed by atoms with Crippen LogP contribution in [-0.2, 0) is 6.54 Å². The SMILES string of the molecule is CN=C(NCc1cccc(C#N)c1)N1CCC(c2cc(OC)cc(OC)c2)C1.I. The van der Waals surface area contributed by atoms with Crippen LogP contribution in [0.4, 0.5) is 0 Å². The van der Waals surface area contributed by atoms with Gasteiger partial charge in [-0.25, -0.2) is 0 Å². The molecule has 1 unspecified atom stereocenters. The third-order valence-electron chi connectivity index (χ3n) is 5.05. The summed E-state index contributed by atoms with van der Waals surface area (Å²) < 4.78 is 10.8. The number of benzene rings is 2. The Kier molecular flexibility index (Phi) is 8.58. The molecule has 29 heavy (non-hydrogen) atoms. The molecule has 0 saturated carbocycles. The smallest absolute Gasteiger partial charge is 0.193 e. The lowest BCUT2D eigenvalue weighted by Crippen LogP contribution is -2.39. The van der Waals surface area contributed by atoms with Gasteiger partial charge in [-0.05, 0) is 41.8 Å². The molecule has 154 valence electrons. The third-order valence-corrected chi connectivity index (χ3v) is 5.05. The van der Waals surface area contributed by atoms with Crippen LogP contribution in [0.3, 0.4) is 0 Å². The van der Waals surface area contributed by atoms with Gasteiger partial charge in [0.15, 0.2) is 5.96 Å². The molecule has 0 amide bonds. The molecule has 0 aliphatic carbocycles. The number of methoxy groups -OCH3 is 2. The topological polar surface area (TPSA) is 69.9 Å². The molecule has 1 fully saturated rings. The number of halogens is 1. The maximum absolute atomic E-state index is 9.05. The molecule has 1 heterocycles. The van der Waals surface area contributed by atoms with Crippen molar-refractivity contribution in [2.24, 2.45) is 4.99 Å². The molecule has 1 atom stereocenters. The highest BCUT2D eigenvalue weighted by atomic mass is 127. The second-order valence-electron chi connectivity index (χ2n) is 6.79. The Hall–Kier alpha value is -2.47. The van der Waals surface area contributed by atoms with Crippen LogP contribution in [0.25, 0.3) is 0 Å². The van der Waals surface area contributed by atoms with Crippen LogP contribution in [0.5, 0.6) is 11.5 Å². The molecule has 1 aliphatic heterocycles. The summed E-state index contributed by atoms with van der Waals surface area (Å²) in [5.74, 6) is 2.89. The Morgan fingerprint density at radius 3 is 2.55 bits per heavy atom. The van der Waals surface area contributed by atoms with Gasteiger partial charge in [-0.1, -0.05) is 12.1 Å². The van der Waals surface area contributed by atoms with E-state index in [1.807, 2.05) is 30.3 Å². The molecular formula is C22H27IN4O2. The lowest BCUT2D eigenvalue weighted by Gasteiger charge is -2.22. The highest BCUT2D eigenvalue weighted by Gasteiger charge is 2.26. The summed E-state index contributed by atoms with van der Waals surface area (Å²) >= 11 is 0. The molecule has 0 bridgehead atoms. The Balaban J connectivity index is 0.00000300. The molecule has 2 aromatic carbocycles. The lowest BCUT2D eigenvalue weighted by atomic mass is 9.98. The van der Waals surface area contributed by atoms with Gasteiger partial charge >= 0.3 is 0 Å². The van der Waals surface area contributed by atoms with E-state index in [1.54, 1.807) is 21.3 Å². The van der Waals surface area contributed by atoms with E-state index in [9.17, 15) is 0 Å². The van der Waals surface area contributed by atoms with Crippen LogP contribution < -0.4 is 14.8 Å². The zero-order chi connectivity index (χ0) is 19.9. The first-order valence-corrected chi connectivity index (χ1v) is 9.34. The van der Waals surface area contributed by atoms with E-state index in [2.05, 4.69) is 33.4 Å². The Bertz CT molecular complexity index is 872. The summed E-state index contributed by atoms with van der Waals surface area (Å²) in [4.78, 5) is 6.71. The van der Waals surface area contributed by atoms with Gasteiger partial charge in [0.25, 0.3) is 0 Å². The van der Waals surface area contributed by atoms with E-state index in [0.717, 1.165) is 42.5 Å². The number of nitrogens with one attached hydrogen (secondary N) is 1. The normalized spacial score (nSPS) is 16.0. The maximum Gasteiger partial charge on any atom is 0.193 e. The van der Waals surface area contributed by atoms with Gasteiger partial charge in [-0.2, -0.15) is 5.26 Å². The van der Waals surface area contributed by atoms with Crippen LogP contribution >= 0.6 is 24.0 Å². The first kappa shape index (κ1) is 22.8. The van der Waals surface area contributed by atoms with Crippen LogP contribution in [0, 0.1) is 11.3 Å². The zero-order valence-electron chi connectivity index (χ0n) is 17.0. The maximum atomic E-state index is 9.05. The molecule has 1 saturated heterocycles. The quantitative estimate of drug-likeness (QED) is 0.380. The zero-order valence-corrected chi connectivity index (χ0v) is 19.3. The highest BCUT2D eigenvalue weighted by Crippen LogP contribution is 2.32. The van der Waals surface area contributed by atoms with Gasteiger partial charge < -0.3 is 19.7 Å². The number of nitriles is 1. The second kappa shape index (κ2) is 10.9. The first-order chi connectivity index (χ1) is 13.7. The summed E-state index contributed by atoms with van der Waals surface area (Å²) in [5, 5.41) is 12.5. The Morgan fingerprint density at radius 1 is 1.21 bits per heavy atom. The van der Waals surface area contributed by atoms with E-state index >= 15 is 0 Å². The van der Waals surface area contributed by atoms with Crippen LogP contribution in [0.1, 0.15) is 29.0 Å². The molecule has 0 radical (unpaired) electrons. The van der Waals surface area contributed by atoms with Gasteiger partial charge in [0.1, 0.15) is 11.5 Å². The molecule has 6 nitrogen and oxygen atoms in total. The largest absolute Gasteiger partial charge is 0.497 e. The molecular weight excluding hydrogens is 479 g/mol. The van der Waals surface area contributed by atoms with Gasteiger partial charge in [-0.15, -0.1) is 24.0 Å². The number of nitrogens with zero attached hydrogens (tertiary/aromatic N) is 3. The average molecular weight is 506 g/mol. The molecule has 0 aromatic heterocycles. The van der Waals surface area contributed by atoms with Crippen molar-refractivity contribution in [3.05, 3.63) is 59.2 Å². The fraction of sp³-hybridized carbons (Fsp3) is 0.364. The minimum Gasteiger partial charge on any atom is -0.497 e. The summed E-state index contributed by atoms with van der Waals surface area (Å²) in [6.07, 6.45) is 1.04. The third kappa shape index (κ3) is 5.76. The summed E-state index contributed by atoms with van der Waals surface area (Å²) in [6.45, 7) is 2.45. The van der Waals surface area contributed by atoms with Crippen molar-refractivity contribution in [3.8, 4) is 17.6 Å². The van der Waals surface area contributed by atoms with Crippen molar-refractivity contribution in [3.63, 3.8) is 0 Å². The predicted molar refractivity (Wildman–Crippen MR) is 125 cm³/mol. The van der Waals surface area contributed by atoms with E-state index in [0.29, 0.717) is 18.0 Å². The van der Waals surface area contributed by atoms with E-state index < -0.39 is 0 Å². The van der Waals surface area contributed by atoms with Crippen LogP contribution in [-0.4, -0.2) is 45.2 Å². The van der Waals surface area contributed by atoms with Crippen LogP contribution in [0.2, 0.25) is 0 Å². The fourth-order valence-electron chi connectivity index (χ4n) is 3.55. The minimum atomic E-state index is 0. The number of guanidine groups is 1. The van der Waals surface area contributed by atoms with E-state index in [4.69, 9.17) is 14.7 Å². The molecule has 7 heteroatoms. The number of hydrogen-bond acceptors (Lipinski definition) is 4. The molecule has 0 spiro atoms. The van der Waals surface area contributed by atoms with Crippen LogP contribution in [0.15, 0.2) is 47.5 Å². The summed E-state index contributed by atoms with van der Waals surface area (Å²) in [6, 6.07) is 15.9. The number of likely N-dealkylation sites (tertiary alicyclic amines) is 1. The van der Waals surface area contributed by atoms with Crippen molar-refractivity contribution in [1.82, 2.24) is 10.2 Å². The average Bonchev–Trinajstić information content (AvgIpc) is 3.24. The summed E-state index contributed by atoms with van der Waals surface area (Å²) in [5.41, 5.74) is 2.95. The predicted octanol–water partition coefficient (Wildman–Crippen LogP) is 3.76. The van der Waals surface area contributed by atoms with Gasteiger partial charge in [0.05, 0.1) is 25.9 Å². The second-order valence-corrected chi connectivity index (χ2v) is 6.79. The molecule has 1 N–H and O–H groups in total. The van der Waals surface area contributed by atoms with Gasteiger partial charge in [-0.3, -0.25) is 4.99 Å². The number of rotatable bonds is 5. The van der Waals surface area contributed by atoms with Gasteiger partial charge in [0, 0.05) is 38.7 Å². The van der Waals surface area contributed by atoms with Crippen molar-refractivity contribution < 1.29 is 9.47 Å². The number of aliphatic imine (C=N–C) groups is 1. The van der Waals surface area contributed by atoms with E-state index in [1.165, 1.54) is 5.56 Å². The monoisotopic (exact) mass is 506 g/mol. The molecule has 1 aliphatic rings. The highest BCUT2D eigenvalue weighted by molar-refractivity contribution is 14.0. The van der Waals surface area contributed by atoms with Crippen molar-refractivity contribution in [2.75, 3.05) is 34.4 Å². The lowest BCUT2D eigenvalue weighted by molar-refractivity contribution is 0.392. The van der Waals surface area contributed by atoms with E-state index in [-0.39, 0.29) is 24.0 Å². The summed E-state index contributed by atoms with van der Waals surface area (Å²) in [7, 11) is 5.15. The fourth-order valence-corrected chi connectivity index (χ4v) is 3.55. The standard InChI is InChI=1S/C22H26N4O2.HI/c1-24-22(25-14-17-6-4-5-16(9-17)13-23)26-8-7-18(15-26)19-10-20(27-2)12-21(11-19)28-3;/h4-6,9-12,18H,7-8,14-15H2,1-3H3,(H,24,25);1H. The van der Waals surface area contributed by atoms with Crippen molar-refractivity contribution in [1.29, 1.82) is 5.26 Å². The number of hydrogen-bond donors (Lipinski definition) is 1. The Labute approximate surface area is 189 Å². The molecule has 2 aromatic rings. The first-order valence-electron chi connectivity index (χ1n) is 9.34. The van der Waals surface area contributed by atoms with Gasteiger partial charge in [0.2, 0.25) is 0 Å². The minimum absolute atomic E-state index is 0. The van der Waals surface area contributed by atoms with Crippen molar-refractivity contribution >= 4 is 29.9 Å². The van der Waals surface area contributed by atoms with Crippen molar-refractivity contribution in [2.45, 2.75) is 18.9 Å². The molecule has 3 rings (SSSR count). The number of ether oxygens (including phenoxy) is 2. The Morgan fingerprint density at radius 2 is 1.93 bits per heavy atom.